The van der Waals surface area contributed by atoms with E-state index in [0.717, 1.165) is 17.9 Å². The lowest BCUT2D eigenvalue weighted by molar-refractivity contribution is -0.137. The van der Waals surface area contributed by atoms with Crippen LogP contribution in [0, 0.1) is 11.8 Å². The first-order valence-corrected chi connectivity index (χ1v) is 7.89. The quantitative estimate of drug-likeness (QED) is 0.326. The molecule has 2 nitrogen and oxygen atoms in total. The first kappa shape index (κ1) is 18.9. The highest BCUT2D eigenvalue weighted by molar-refractivity contribution is 5.83. The van der Waals surface area contributed by atoms with Crippen LogP contribution in [0.15, 0.2) is 23.3 Å². The van der Waals surface area contributed by atoms with Crippen LogP contribution in [-0.4, -0.2) is 12.6 Å². The maximum absolute atomic E-state index is 11.4. The molecule has 0 radical (unpaired) electrons. The van der Waals surface area contributed by atoms with Gasteiger partial charge in [-0.1, -0.05) is 51.7 Å². The van der Waals surface area contributed by atoms with E-state index in [4.69, 9.17) is 4.74 Å². The van der Waals surface area contributed by atoms with Crippen LogP contribution in [0.25, 0.3) is 0 Å². The number of esters is 1. The van der Waals surface area contributed by atoms with Crippen molar-refractivity contribution < 1.29 is 9.53 Å². The van der Waals surface area contributed by atoms with Crippen LogP contribution >= 0.6 is 0 Å². The van der Waals surface area contributed by atoms with E-state index in [1.165, 1.54) is 24.8 Å². The Morgan fingerprint density at radius 2 is 1.75 bits per heavy atom. The molecule has 0 bridgehead atoms. The molecule has 0 saturated carbocycles. The molecular formula is C18H32O2. The molecule has 116 valence electrons. The molecule has 1 atom stereocenters. The van der Waals surface area contributed by atoms with Gasteiger partial charge in [-0.25, -0.2) is 4.79 Å². The molecule has 20 heavy (non-hydrogen) atoms. The SMILES string of the molecule is CCOC(=O)C=C(C)C(C)=CCC(C)CCCC(C)C. The summed E-state index contributed by atoms with van der Waals surface area (Å²) in [7, 11) is 0. The van der Waals surface area contributed by atoms with E-state index in [-0.39, 0.29) is 5.97 Å². The van der Waals surface area contributed by atoms with Crippen LogP contribution < -0.4 is 0 Å². The minimum atomic E-state index is -0.247. The fourth-order valence-corrected chi connectivity index (χ4v) is 2.01. The zero-order valence-electron chi connectivity index (χ0n) is 14.2. The summed E-state index contributed by atoms with van der Waals surface area (Å²) < 4.78 is 4.92. The van der Waals surface area contributed by atoms with Crippen LogP contribution in [0.1, 0.15) is 67.2 Å². The standard InChI is InChI=1S/C18H32O2/c1-7-20-18(19)13-17(6)16(5)12-11-15(4)10-8-9-14(2)3/h12-15H,7-11H2,1-6H3. The van der Waals surface area contributed by atoms with Gasteiger partial charge in [-0.2, -0.15) is 0 Å². The predicted octanol–water partition coefficient (Wildman–Crippen LogP) is 5.29. The van der Waals surface area contributed by atoms with Crippen molar-refractivity contribution in [3.8, 4) is 0 Å². The second kappa shape index (κ2) is 10.7. The van der Waals surface area contributed by atoms with Crippen LogP contribution in [-0.2, 0) is 9.53 Å². The van der Waals surface area contributed by atoms with Crippen molar-refractivity contribution >= 4 is 5.97 Å². The molecule has 0 aliphatic heterocycles. The topological polar surface area (TPSA) is 26.3 Å². The van der Waals surface area contributed by atoms with Gasteiger partial charge in [-0.05, 0) is 44.6 Å². The van der Waals surface area contributed by atoms with E-state index >= 15 is 0 Å². The number of rotatable bonds is 9. The lowest BCUT2D eigenvalue weighted by Crippen LogP contribution is -2.01. The normalized spacial score (nSPS) is 14.6. The Morgan fingerprint density at radius 1 is 1.10 bits per heavy atom. The molecule has 0 aromatic carbocycles. The van der Waals surface area contributed by atoms with Gasteiger partial charge in [-0.15, -0.1) is 0 Å². The summed E-state index contributed by atoms with van der Waals surface area (Å²) in [5.74, 6) is 1.26. The molecule has 0 rings (SSSR count). The fraction of sp³-hybridized carbons (Fsp3) is 0.722. The Kier molecular flexibility index (Phi) is 10.1. The second-order valence-corrected chi connectivity index (χ2v) is 6.13. The first-order chi connectivity index (χ1) is 9.36. The average Bonchev–Trinajstić information content (AvgIpc) is 2.35. The van der Waals surface area contributed by atoms with Crippen molar-refractivity contribution in [3.05, 3.63) is 23.3 Å². The molecular weight excluding hydrogens is 248 g/mol. The van der Waals surface area contributed by atoms with Crippen molar-refractivity contribution in [3.63, 3.8) is 0 Å². The second-order valence-electron chi connectivity index (χ2n) is 6.13. The third-order valence-corrected chi connectivity index (χ3v) is 3.55. The number of allylic oxidation sites excluding steroid dienone is 3. The van der Waals surface area contributed by atoms with Gasteiger partial charge in [0.1, 0.15) is 0 Å². The van der Waals surface area contributed by atoms with Gasteiger partial charge in [0.15, 0.2) is 0 Å². The Balaban J connectivity index is 4.19. The van der Waals surface area contributed by atoms with Gasteiger partial charge in [-0.3, -0.25) is 0 Å². The monoisotopic (exact) mass is 280 g/mol. The highest BCUT2D eigenvalue weighted by Gasteiger charge is 2.04. The number of carbonyl (C=O) groups excluding carboxylic acids is 1. The van der Waals surface area contributed by atoms with E-state index in [1.807, 2.05) is 13.8 Å². The summed E-state index contributed by atoms with van der Waals surface area (Å²) in [6.45, 7) is 13.1. The fourth-order valence-electron chi connectivity index (χ4n) is 2.01. The summed E-state index contributed by atoms with van der Waals surface area (Å²) >= 11 is 0. The number of hydrogen-bond donors (Lipinski definition) is 0. The molecule has 1 unspecified atom stereocenters. The summed E-state index contributed by atoms with van der Waals surface area (Å²) in [5, 5.41) is 0. The van der Waals surface area contributed by atoms with Crippen molar-refractivity contribution in [1.82, 2.24) is 0 Å². The van der Waals surface area contributed by atoms with Gasteiger partial charge >= 0.3 is 5.97 Å². The molecule has 0 spiro atoms. The van der Waals surface area contributed by atoms with E-state index in [1.54, 1.807) is 6.08 Å². The van der Waals surface area contributed by atoms with Crippen LogP contribution in [0.2, 0.25) is 0 Å². The van der Waals surface area contributed by atoms with Gasteiger partial charge in [0.05, 0.1) is 6.61 Å². The molecule has 0 saturated heterocycles. The molecule has 0 N–H and O–H groups in total. The molecule has 0 amide bonds. The molecule has 2 heteroatoms. The highest BCUT2D eigenvalue weighted by Crippen LogP contribution is 2.18. The maximum Gasteiger partial charge on any atom is 0.331 e. The summed E-state index contributed by atoms with van der Waals surface area (Å²) in [6.07, 6.45) is 8.81. The van der Waals surface area contributed by atoms with Gasteiger partial charge in [0.2, 0.25) is 0 Å². The Morgan fingerprint density at radius 3 is 2.30 bits per heavy atom. The Labute approximate surface area is 125 Å². The molecule has 0 aliphatic rings. The number of ether oxygens (including phenoxy) is 1. The summed E-state index contributed by atoms with van der Waals surface area (Å²) in [5.41, 5.74) is 2.17. The zero-order chi connectivity index (χ0) is 15.5. The minimum Gasteiger partial charge on any atom is -0.463 e. The average molecular weight is 280 g/mol. The Hall–Kier alpha value is -1.05. The third kappa shape index (κ3) is 9.82. The van der Waals surface area contributed by atoms with Crippen molar-refractivity contribution in [1.29, 1.82) is 0 Å². The van der Waals surface area contributed by atoms with Crippen LogP contribution in [0.5, 0.6) is 0 Å². The first-order valence-electron chi connectivity index (χ1n) is 7.89. The maximum atomic E-state index is 11.4. The largest absolute Gasteiger partial charge is 0.463 e. The van der Waals surface area contributed by atoms with Crippen LogP contribution in [0.3, 0.4) is 0 Å². The smallest absolute Gasteiger partial charge is 0.331 e. The van der Waals surface area contributed by atoms with E-state index in [2.05, 4.69) is 33.8 Å². The van der Waals surface area contributed by atoms with Gasteiger partial charge in [0.25, 0.3) is 0 Å². The molecule has 0 aliphatic carbocycles. The predicted molar refractivity (Wildman–Crippen MR) is 86.6 cm³/mol. The van der Waals surface area contributed by atoms with E-state index in [0.29, 0.717) is 12.5 Å². The third-order valence-electron chi connectivity index (χ3n) is 3.55. The lowest BCUT2D eigenvalue weighted by atomic mass is 9.95. The van der Waals surface area contributed by atoms with Gasteiger partial charge < -0.3 is 4.74 Å². The highest BCUT2D eigenvalue weighted by atomic mass is 16.5. The molecule has 0 aromatic heterocycles. The van der Waals surface area contributed by atoms with Crippen molar-refractivity contribution in [2.45, 2.75) is 67.2 Å². The number of carbonyl (C=O) groups is 1. The van der Waals surface area contributed by atoms with Gasteiger partial charge in [0, 0.05) is 6.08 Å². The lowest BCUT2D eigenvalue weighted by Gasteiger charge is -2.11. The summed E-state index contributed by atoms with van der Waals surface area (Å²) in [6, 6.07) is 0. The van der Waals surface area contributed by atoms with E-state index in [9.17, 15) is 4.79 Å². The van der Waals surface area contributed by atoms with Crippen LogP contribution in [0.4, 0.5) is 0 Å². The summed E-state index contributed by atoms with van der Waals surface area (Å²) in [4.78, 5) is 11.4. The zero-order valence-corrected chi connectivity index (χ0v) is 14.2. The number of hydrogen-bond acceptors (Lipinski definition) is 2. The van der Waals surface area contributed by atoms with Crippen molar-refractivity contribution in [2.24, 2.45) is 11.8 Å². The Bertz CT molecular complexity index is 337. The van der Waals surface area contributed by atoms with Crippen molar-refractivity contribution in [2.75, 3.05) is 6.61 Å². The molecule has 0 fully saturated rings. The van der Waals surface area contributed by atoms with E-state index < -0.39 is 0 Å². The molecule has 0 heterocycles. The minimum absolute atomic E-state index is 0.247. The molecule has 0 aromatic rings.